The first-order valence-corrected chi connectivity index (χ1v) is 9.83. The predicted molar refractivity (Wildman–Crippen MR) is 112 cm³/mol. The molecule has 2 amide bonds. The number of anilines is 1. The summed E-state index contributed by atoms with van der Waals surface area (Å²) < 4.78 is 10.7. The second-order valence-electron chi connectivity index (χ2n) is 7.30. The molecule has 2 aliphatic rings. The van der Waals surface area contributed by atoms with Gasteiger partial charge in [0.05, 0.1) is 0 Å². The molecular weight excluding hydrogens is 380 g/mol. The fraction of sp³-hybridized carbons (Fsp3) is 0.167. The standard InChI is InChI=1S/C24H20N2O4/c27-23(25-14-16-10-11-21-22(12-16)30-15-29-21)20-13-18-8-4-5-9-19(18)26(20)24(28)17-6-2-1-3-7-17/h1-12,20H,13-15H2,(H,25,27)/t20-/m1/s1. The summed E-state index contributed by atoms with van der Waals surface area (Å²) in [7, 11) is 0. The van der Waals surface area contributed by atoms with Gasteiger partial charge in [0, 0.05) is 24.2 Å². The van der Waals surface area contributed by atoms with Gasteiger partial charge in [0.1, 0.15) is 6.04 Å². The van der Waals surface area contributed by atoms with Crippen LogP contribution in [0.4, 0.5) is 5.69 Å². The summed E-state index contributed by atoms with van der Waals surface area (Å²) in [5.74, 6) is 1.02. The van der Waals surface area contributed by atoms with Crippen LogP contribution >= 0.6 is 0 Å². The van der Waals surface area contributed by atoms with Crippen molar-refractivity contribution in [2.24, 2.45) is 0 Å². The van der Waals surface area contributed by atoms with Crippen molar-refractivity contribution in [1.29, 1.82) is 0 Å². The van der Waals surface area contributed by atoms with E-state index in [2.05, 4.69) is 5.32 Å². The van der Waals surface area contributed by atoms with Crippen molar-refractivity contribution >= 4 is 17.5 Å². The molecule has 5 rings (SSSR count). The van der Waals surface area contributed by atoms with Crippen LogP contribution in [0.2, 0.25) is 0 Å². The van der Waals surface area contributed by atoms with Crippen molar-refractivity contribution < 1.29 is 19.1 Å². The van der Waals surface area contributed by atoms with Crippen molar-refractivity contribution in [1.82, 2.24) is 5.32 Å². The third kappa shape index (κ3) is 3.26. The van der Waals surface area contributed by atoms with Gasteiger partial charge in [-0.05, 0) is 41.5 Å². The molecule has 0 saturated heterocycles. The third-order valence-corrected chi connectivity index (χ3v) is 5.42. The lowest BCUT2D eigenvalue weighted by atomic mass is 10.1. The molecule has 1 N–H and O–H groups in total. The highest BCUT2D eigenvalue weighted by molar-refractivity contribution is 6.11. The Balaban J connectivity index is 1.37. The van der Waals surface area contributed by atoms with Gasteiger partial charge in [-0.1, -0.05) is 42.5 Å². The number of nitrogens with zero attached hydrogens (tertiary/aromatic N) is 1. The molecule has 0 bridgehead atoms. The Morgan fingerprint density at radius 2 is 1.70 bits per heavy atom. The van der Waals surface area contributed by atoms with Crippen LogP contribution in [0.1, 0.15) is 21.5 Å². The Morgan fingerprint density at radius 3 is 2.57 bits per heavy atom. The molecule has 3 aromatic carbocycles. The number of hydrogen-bond donors (Lipinski definition) is 1. The molecule has 1 atom stereocenters. The third-order valence-electron chi connectivity index (χ3n) is 5.42. The van der Waals surface area contributed by atoms with Crippen LogP contribution in [0, 0.1) is 0 Å². The number of amides is 2. The van der Waals surface area contributed by atoms with E-state index in [0.717, 1.165) is 16.8 Å². The first kappa shape index (κ1) is 18.2. The van der Waals surface area contributed by atoms with Gasteiger partial charge in [-0.25, -0.2) is 0 Å². The fourth-order valence-corrected chi connectivity index (χ4v) is 3.92. The highest BCUT2D eigenvalue weighted by Gasteiger charge is 2.38. The number of fused-ring (bicyclic) bond motifs is 2. The van der Waals surface area contributed by atoms with Crippen molar-refractivity contribution in [2.45, 2.75) is 19.0 Å². The number of hydrogen-bond acceptors (Lipinski definition) is 4. The van der Waals surface area contributed by atoms with Crippen molar-refractivity contribution in [2.75, 3.05) is 11.7 Å². The summed E-state index contributed by atoms with van der Waals surface area (Å²) in [5, 5.41) is 2.97. The van der Waals surface area contributed by atoms with Crippen LogP contribution in [-0.2, 0) is 17.8 Å². The zero-order chi connectivity index (χ0) is 20.5. The summed E-state index contributed by atoms with van der Waals surface area (Å²) in [6.45, 7) is 0.553. The quantitative estimate of drug-likeness (QED) is 0.730. The Labute approximate surface area is 174 Å². The number of nitrogens with one attached hydrogen (secondary N) is 1. The van der Waals surface area contributed by atoms with E-state index in [-0.39, 0.29) is 18.6 Å². The van der Waals surface area contributed by atoms with E-state index in [1.807, 2.05) is 60.7 Å². The molecule has 2 heterocycles. The molecule has 0 radical (unpaired) electrons. The maximum Gasteiger partial charge on any atom is 0.259 e. The minimum atomic E-state index is -0.593. The molecule has 0 spiro atoms. The number of rotatable bonds is 4. The van der Waals surface area contributed by atoms with Gasteiger partial charge in [0.25, 0.3) is 5.91 Å². The Bertz CT molecular complexity index is 1110. The molecular formula is C24H20N2O4. The topological polar surface area (TPSA) is 67.9 Å². The molecule has 6 nitrogen and oxygen atoms in total. The lowest BCUT2D eigenvalue weighted by molar-refractivity contribution is -0.122. The summed E-state index contributed by atoms with van der Waals surface area (Å²) >= 11 is 0. The summed E-state index contributed by atoms with van der Waals surface area (Å²) in [6.07, 6.45) is 0.488. The molecule has 0 aromatic heterocycles. The highest BCUT2D eigenvalue weighted by atomic mass is 16.7. The van der Waals surface area contributed by atoms with Crippen LogP contribution in [0.25, 0.3) is 0 Å². The van der Waals surface area contributed by atoms with E-state index in [4.69, 9.17) is 9.47 Å². The normalized spacial score (nSPS) is 16.3. The number of carbonyl (C=O) groups is 2. The molecule has 0 unspecified atom stereocenters. The van der Waals surface area contributed by atoms with Gasteiger partial charge in [-0.2, -0.15) is 0 Å². The molecule has 0 aliphatic carbocycles. The maximum absolute atomic E-state index is 13.2. The largest absolute Gasteiger partial charge is 0.454 e. The van der Waals surface area contributed by atoms with E-state index in [1.54, 1.807) is 17.0 Å². The Hall–Kier alpha value is -3.80. The molecule has 2 aliphatic heterocycles. The van der Waals surface area contributed by atoms with Crippen LogP contribution in [0.3, 0.4) is 0 Å². The number of ether oxygens (including phenoxy) is 2. The summed E-state index contributed by atoms with van der Waals surface area (Å²) in [4.78, 5) is 28.0. The minimum absolute atomic E-state index is 0.177. The molecule has 6 heteroatoms. The average molecular weight is 400 g/mol. The van der Waals surface area contributed by atoms with Crippen LogP contribution in [0.5, 0.6) is 11.5 Å². The zero-order valence-corrected chi connectivity index (χ0v) is 16.2. The van der Waals surface area contributed by atoms with E-state index < -0.39 is 6.04 Å². The first-order valence-electron chi connectivity index (χ1n) is 9.83. The second kappa shape index (κ2) is 7.55. The predicted octanol–water partition coefficient (Wildman–Crippen LogP) is 3.30. The number of carbonyl (C=O) groups excluding carboxylic acids is 2. The summed E-state index contributed by atoms with van der Waals surface area (Å²) in [6, 6.07) is 21.7. The molecule has 30 heavy (non-hydrogen) atoms. The van der Waals surface area contributed by atoms with Gasteiger partial charge < -0.3 is 14.8 Å². The smallest absolute Gasteiger partial charge is 0.259 e. The van der Waals surface area contributed by atoms with E-state index >= 15 is 0 Å². The zero-order valence-electron chi connectivity index (χ0n) is 16.2. The molecule has 0 fully saturated rings. The van der Waals surface area contributed by atoms with E-state index in [9.17, 15) is 9.59 Å². The SMILES string of the molecule is O=C(NCc1ccc2c(c1)OCO2)[C@H]1Cc2ccccc2N1C(=O)c1ccccc1. The van der Waals surface area contributed by atoms with Crippen molar-refractivity contribution in [3.8, 4) is 11.5 Å². The van der Waals surface area contributed by atoms with Gasteiger partial charge in [0.15, 0.2) is 11.5 Å². The fourth-order valence-electron chi connectivity index (χ4n) is 3.92. The van der Waals surface area contributed by atoms with Crippen molar-refractivity contribution in [3.05, 3.63) is 89.5 Å². The minimum Gasteiger partial charge on any atom is -0.454 e. The second-order valence-corrected chi connectivity index (χ2v) is 7.30. The van der Waals surface area contributed by atoms with Crippen LogP contribution < -0.4 is 19.7 Å². The Kier molecular flexibility index (Phi) is 4.59. The summed E-state index contributed by atoms with van der Waals surface area (Å²) in [5.41, 5.74) is 3.24. The monoisotopic (exact) mass is 400 g/mol. The molecule has 150 valence electrons. The van der Waals surface area contributed by atoms with E-state index in [1.165, 1.54) is 0 Å². The van der Waals surface area contributed by atoms with Gasteiger partial charge in [-0.15, -0.1) is 0 Å². The van der Waals surface area contributed by atoms with Crippen molar-refractivity contribution in [3.63, 3.8) is 0 Å². The number of para-hydroxylation sites is 1. The van der Waals surface area contributed by atoms with Gasteiger partial charge in [-0.3, -0.25) is 14.5 Å². The molecule has 3 aromatic rings. The Morgan fingerprint density at radius 1 is 0.933 bits per heavy atom. The maximum atomic E-state index is 13.2. The van der Waals surface area contributed by atoms with E-state index in [0.29, 0.717) is 30.0 Å². The van der Waals surface area contributed by atoms with Crippen LogP contribution in [-0.4, -0.2) is 24.6 Å². The van der Waals surface area contributed by atoms with Crippen LogP contribution in [0.15, 0.2) is 72.8 Å². The highest BCUT2D eigenvalue weighted by Crippen LogP contribution is 2.34. The average Bonchev–Trinajstić information content (AvgIpc) is 3.41. The molecule has 0 saturated carbocycles. The van der Waals surface area contributed by atoms with Gasteiger partial charge in [0.2, 0.25) is 12.7 Å². The lowest BCUT2D eigenvalue weighted by Crippen LogP contribution is -2.48. The van der Waals surface area contributed by atoms with Gasteiger partial charge >= 0.3 is 0 Å². The lowest BCUT2D eigenvalue weighted by Gasteiger charge is -2.25. The number of benzene rings is 3. The first-order chi connectivity index (χ1) is 14.7.